The molecule has 1 aliphatic heterocycles. The molecule has 102 valence electrons. The van der Waals surface area contributed by atoms with E-state index in [1.807, 2.05) is 6.07 Å². The summed E-state index contributed by atoms with van der Waals surface area (Å²) in [4.78, 5) is 11.5. The quantitative estimate of drug-likeness (QED) is 0.732. The molecule has 2 nitrogen and oxygen atoms in total. The molecule has 0 spiro atoms. The Kier molecular flexibility index (Phi) is 3.69. The molecule has 1 N–H and O–H groups in total. The van der Waals surface area contributed by atoms with Crippen molar-refractivity contribution in [3.8, 4) is 0 Å². The number of benzene rings is 2. The van der Waals surface area contributed by atoms with Crippen molar-refractivity contribution < 1.29 is 4.79 Å². The zero-order valence-electron chi connectivity index (χ0n) is 10.9. The number of nitrogens with one attached hydrogen (secondary N) is 1. The summed E-state index contributed by atoms with van der Waals surface area (Å²) < 4.78 is 1.12. The van der Waals surface area contributed by atoms with Crippen molar-refractivity contribution in [1.29, 1.82) is 0 Å². The number of hydrogen-bond donors (Lipinski definition) is 1. The van der Waals surface area contributed by atoms with E-state index in [1.165, 1.54) is 16.7 Å². The molecule has 0 saturated carbocycles. The maximum atomic E-state index is 11.4. The van der Waals surface area contributed by atoms with Crippen LogP contribution < -0.4 is 5.32 Å². The van der Waals surface area contributed by atoms with E-state index in [4.69, 9.17) is 0 Å². The Hall–Kier alpha value is -1.13. The topological polar surface area (TPSA) is 29.1 Å². The summed E-state index contributed by atoms with van der Waals surface area (Å²) in [6, 6.07) is 12.5. The van der Waals surface area contributed by atoms with Gasteiger partial charge in [0.15, 0.2) is 0 Å². The van der Waals surface area contributed by atoms with Crippen molar-refractivity contribution in [2.75, 3.05) is 5.32 Å². The molecule has 0 fully saturated rings. The van der Waals surface area contributed by atoms with Crippen molar-refractivity contribution in [3.05, 3.63) is 63.1 Å². The van der Waals surface area contributed by atoms with E-state index < -0.39 is 0 Å². The molecular formula is C16H13Br2NO. The third-order valence-electron chi connectivity index (χ3n) is 3.52. The highest BCUT2D eigenvalue weighted by molar-refractivity contribution is 9.10. The summed E-state index contributed by atoms with van der Waals surface area (Å²) in [5.41, 5.74) is 5.60. The molecule has 1 amide bonds. The van der Waals surface area contributed by atoms with Crippen LogP contribution >= 0.6 is 31.9 Å². The number of carbonyl (C=O) groups is 1. The van der Waals surface area contributed by atoms with Gasteiger partial charge in [-0.15, -0.1) is 0 Å². The van der Waals surface area contributed by atoms with E-state index in [2.05, 4.69) is 74.4 Å². The molecule has 1 atom stereocenters. The Balaban J connectivity index is 1.94. The Labute approximate surface area is 134 Å². The SMILES string of the molecule is Cc1cc(C(Br)c2ccc3c(c2)CC(=O)N3)ccc1Br. The maximum absolute atomic E-state index is 11.4. The number of fused-ring (bicyclic) bond motifs is 1. The Morgan fingerprint density at radius 3 is 2.60 bits per heavy atom. The number of carbonyl (C=O) groups excluding carboxylic acids is 1. The molecule has 1 unspecified atom stereocenters. The Morgan fingerprint density at radius 2 is 1.85 bits per heavy atom. The fourth-order valence-electron chi connectivity index (χ4n) is 2.42. The van der Waals surface area contributed by atoms with Crippen molar-refractivity contribution in [1.82, 2.24) is 0 Å². The molecule has 1 aliphatic rings. The zero-order chi connectivity index (χ0) is 14.3. The lowest BCUT2D eigenvalue weighted by atomic mass is 10.0. The Bertz CT molecular complexity index is 697. The summed E-state index contributed by atoms with van der Waals surface area (Å²) in [5.74, 6) is 0.0720. The number of rotatable bonds is 2. The van der Waals surface area contributed by atoms with Crippen LogP contribution in [0.3, 0.4) is 0 Å². The summed E-state index contributed by atoms with van der Waals surface area (Å²) >= 11 is 7.28. The largest absolute Gasteiger partial charge is 0.326 e. The normalized spacial score (nSPS) is 14.8. The summed E-state index contributed by atoms with van der Waals surface area (Å²) in [6.45, 7) is 2.08. The minimum atomic E-state index is 0.0720. The first-order valence-corrected chi connectivity index (χ1v) is 8.08. The molecule has 0 aliphatic carbocycles. The molecule has 0 saturated heterocycles. The average Bonchev–Trinajstić information content (AvgIpc) is 2.80. The minimum absolute atomic E-state index is 0.0720. The molecule has 0 radical (unpaired) electrons. The van der Waals surface area contributed by atoms with E-state index in [1.54, 1.807) is 0 Å². The lowest BCUT2D eigenvalue weighted by molar-refractivity contribution is -0.115. The van der Waals surface area contributed by atoms with E-state index in [-0.39, 0.29) is 10.7 Å². The summed E-state index contributed by atoms with van der Waals surface area (Å²) in [5, 5.41) is 2.86. The average molecular weight is 395 g/mol. The second-order valence-electron chi connectivity index (χ2n) is 5.01. The fraction of sp³-hybridized carbons (Fsp3) is 0.188. The number of alkyl halides is 1. The van der Waals surface area contributed by atoms with Gasteiger partial charge in [0, 0.05) is 10.2 Å². The van der Waals surface area contributed by atoms with Crippen LogP contribution in [0.1, 0.15) is 27.1 Å². The van der Waals surface area contributed by atoms with Crippen LogP contribution in [0.5, 0.6) is 0 Å². The molecule has 0 aromatic heterocycles. The van der Waals surface area contributed by atoms with Crippen molar-refractivity contribution in [2.24, 2.45) is 0 Å². The summed E-state index contributed by atoms with van der Waals surface area (Å²) in [7, 11) is 0. The number of halogens is 2. The maximum Gasteiger partial charge on any atom is 0.228 e. The molecule has 2 aromatic carbocycles. The van der Waals surface area contributed by atoms with Gasteiger partial charge < -0.3 is 5.32 Å². The minimum Gasteiger partial charge on any atom is -0.326 e. The number of amides is 1. The van der Waals surface area contributed by atoms with Gasteiger partial charge in [-0.2, -0.15) is 0 Å². The summed E-state index contributed by atoms with van der Waals surface area (Å²) in [6.07, 6.45) is 0.474. The van der Waals surface area contributed by atoms with Gasteiger partial charge in [0.1, 0.15) is 0 Å². The van der Waals surface area contributed by atoms with Crippen molar-refractivity contribution in [2.45, 2.75) is 18.2 Å². The van der Waals surface area contributed by atoms with Crippen LogP contribution in [-0.4, -0.2) is 5.91 Å². The molecule has 4 heteroatoms. The van der Waals surface area contributed by atoms with E-state index in [0.29, 0.717) is 6.42 Å². The van der Waals surface area contributed by atoms with Gasteiger partial charge in [-0.1, -0.05) is 56.1 Å². The van der Waals surface area contributed by atoms with Gasteiger partial charge in [-0.25, -0.2) is 0 Å². The first-order chi connectivity index (χ1) is 9.54. The molecular weight excluding hydrogens is 382 g/mol. The van der Waals surface area contributed by atoms with Crippen LogP contribution in [0.25, 0.3) is 0 Å². The Morgan fingerprint density at radius 1 is 1.15 bits per heavy atom. The molecule has 1 heterocycles. The van der Waals surface area contributed by atoms with Crippen LogP contribution in [0.15, 0.2) is 40.9 Å². The van der Waals surface area contributed by atoms with Gasteiger partial charge in [-0.3, -0.25) is 4.79 Å². The standard InChI is InChI=1S/C16H13Br2NO/c1-9-6-10(2-4-13(9)17)16(18)11-3-5-14-12(7-11)8-15(20)19-14/h2-7,16H,8H2,1H3,(H,19,20). The molecule has 2 aromatic rings. The van der Waals surface area contributed by atoms with Crippen LogP contribution in [0.2, 0.25) is 0 Å². The van der Waals surface area contributed by atoms with Gasteiger partial charge in [0.05, 0.1) is 11.2 Å². The highest BCUT2D eigenvalue weighted by Gasteiger charge is 2.20. The second kappa shape index (κ2) is 5.34. The number of aryl methyl sites for hydroxylation is 1. The zero-order valence-corrected chi connectivity index (χ0v) is 14.1. The molecule has 20 heavy (non-hydrogen) atoms. The third-order valence-corrected chi connectivity index (χ3v) is 5.47. The van der Waals surface area contributed by atoms with Crippen molar-refractivity contribution >= 4 is 43.5 Å². The predicted molar refractivity (Wildman–Crippen MR) is 88.4 cm³/mol. The highest BCUT2D eigenvalue weighted by atomic mass is 79.9. The van der Waals surface area contributed by atoms with E-state index in [9.17, 15) is 4.79 Å². The lowest BCUT2D eigenvalue weighted by Gasteiger charge is -2.13. The first kappa shape index (κ1) is 13.8. The monoisotopic (exact) mass is 393 g/mol. The molecule has 0 bridgehead atoms. The smallest absolute Gasteiger partial charge is 0.228 e. The lowest BCUT2D eigenvalue weighted by Crippen LogP contribution is -2.03. The third kappa shape index (κ3) is 2.54. The highest BCUT2D eigenvalue weighted by Crippen LogP contribution is 2.35. The van der Waals surface area contributed by atoms with Crippen LogP contribution in [0, 0.1) is 6.92 Å². The predicted octanol–water partition coefficient (Wildman–Crippen LogP) is 4.74. The second-order valence-corrected chi connectivity index (χ2v) is 6.78. The number of anilines is 1. The van der Waals surface area contributed by atoms with E-state index >= 15 is 0 Å². The van der Waals surface area contributed by atoms with Gasteiger partial charge in [-0.05, 0) is 41.3 Å². The fourth-order valence-corrected chi connectivity index (χ4v) is 3.24. The van der Waals surface area contributed by atoms with Gasteiger partial charge >= 0.3 is 0 Å². The van der Waals surface area contributed by atoms with Crippen molar-refractivity contribution in [3.63, 3.8) is 0 Å². The van der Waals surface area contributed by atoms with Gasteiger partial charge in [0.25, 0.3) is 0 Å². The first-order valence-electron chi connectivity index (χ1n) is 6.37. The van der Waals surface area contributed by atoms with Gasteiger partial charge in [0.2, 0.25) is 5.91 Å². The van der Waals surface area contributed by atoms with Crippen LogP contribution in [-0.2, 0) is 11.2 Å². The van der Waals surface area contributed by atoms with E-state index in [0.717, 1.165) is 15.7 Å². The van der Waals surface area contributed by atoms with Crippen LogP contribution in [0.4, 0.5) is 5.69 Å². The molecule has 3 rings (SSSR count). The number of hydrogen-bond acceptors (Lipinski definition) is 1.